The number of ether oxygens (including phenoxy) is 2. The van der Waals surface area contributed by atoms with E-state index >= 15 is 0 Å². The van der Waals surface area contributed by atoms with Crippen molar-refractivity contribution in [3.63, 3.8) is 0 Å². The van der Waals surface area contributed by atoms with Crippen LogP contribution in [-0.4, -0.2) is 60.0 Å². The first kappa shape index (κ1) is 34.4. The van der Waals surface area contributed by atoms with Crippen LogP contribution in [0.1, 0.15) is 89.8 Å². The van der Waals surface area contributed by atoms with E-state index in [4.69, 9.17) is 19.4 Å². The van der Waals surface area contributed by atoms with E-state index in [0.29, 0.717) is 18.3 Å². The van der Waals surface area contributed by atoms with Crippen molar-refractivity contribution >= 4 is 34.6 Å². The number of fused-ring (bicyclic) bond motifs is 1. The van der Waals surface area contributed by atoms with Gasteiger partial charge >= 0.3 is 0 Å². The Labute approximate surface area is 272 Å². The maximum atomic E-state index is 13.1. The smallest absolute Gasteiger partial charge is 0.223 e. The second-order valence-corrected chi connectivity index (χ2v) is 13.2. The minimum atomic E-state index is -0.0352. The van der Waals surface area contributed by atoms with Gasteiger partial charge in [0, 0.05) is 47.9 Å². The number of nitrogens with zero attached hydrogens (tertiary/aromatic N) is 3. The molecule has 1 aromatic carbocycles. The molecule has 4 atom stereocenters. The molecule has 2 aliphatic carbocycles. The molecule has 5 rings (SSSR count). The summed E-state index contributed by atoms with van der Waals surface area (Å²) in [7, 11) is 3.48. The predicted octanol–water partition coefficient (Wildman–Crippen LogP) is 7.69. The summed E-state index contributed by atoms with van der Waals surface area (Å²) in [5, 5.41) is 7.19. The van der Waals surface area contributed by atoms with Gasteiger partial charge in [-0.3, -0.25) is 9.59 Å². The summed E-state index contributed by atoms with van der Waals surface area (Å²) < 4.78 is 12.2. The van der Waals surface area contributed by atoms with E-state index in [1.54, 1.807) is 30.4 Å². The number of pyridine rings is 1. The van der Waals surface area contributed by atoms with E-state index in [1.165, 1.54) is 0 Å². The van der Waals surface area contributed by atoms with Crippen LogP contribution in [0.4, 0.5) is 0 Å². The van der Waals surface area contributed by atoms with Crippen LogP contribution in [0.3, 0.4) is 0 Å². The highest BCUT2D eigenvalue weighted by Crippen LogP contribution is 2.39. The number of benzene rings is 1. The second-order valence-electron chi connectivity index (χ2n) is 12.3. The lowest BCUT2D eigenvalue weighted by atomic mass is 10.1. The fourth-order valence-corrected chi connectivity index (χ4v) is 6.72. The number of allylic oxidation sites excluding steroid dienone is 1. The van der Waals surface area contributed by atoms with Crippen molar-refractivity contribution < 1.29 is 19.1 Å². The van der Waals surface area contributed by atoms with Gasteiger partial charge in [0.2, 0.25) is 12.3 Å². The number of thiazole rings is 1. The molecule has 0 spiro atoms. The topological polar surface area (TPSA) is 93.7 Å². The predicted molar refractivity (Wildman–Crippen MR) is 183 cm³/mol. The summed E-state index contributed by atoms with van der Waals surface area (Å²) in [4.78, 5) is 35.3. The van der Waals surface area contributed by atoms with E-state index < -0.39 is 0 Å². The van der Waals surface area contributed by atoms with Crippen LogP contribution in [0.25, 0.3) is 21.6 Å². The number of carbonyl (C=O) groups excluding carboxylic acids is 2. The lowest BCUT2D eigenvalue weighted by Gasteiger charge is -2.18. The summed E-state index contributed by atoms with van der Waals surface area (Å²) in [6.07, 6.45) is 11.7. The van der Waals surface area contributed by atoms with Gasteiger partial charge < -0.3 is 19.7 Å². The van der Waals surface area contributed by atoms with Gasteiger partial charge in [-0.1, -0.05) is 39.8 Å². The van der Waals surface area contributed by atoms with Gasteiger partial charge in [-0.15, -0.1) is 11.3 Å². The summed E-state index contributed by atoms with van der Waals surface area (Å²) >= 11 is 1.60. The Bertz CT molecular complexity index is 1470. The summed E-state index contributed by atoms with van der Waals surface area (Å²) in [6, 6.07) is 6.22. The fraction of sp³-hybridized carbons (Fsp3) is 0.556. The number of amides is 2. The van der Waals surface area contributed by atoms with Crippen molar-refractivity contribution in [2.45, 2.75) is 97.6 Å². The summed E-state index contributed by atoms with van der Waals surface area (Å²) in [5.74, 6) is 2.46. The van der Waals surface area contributed by atoms with Crippen LogP contribution in [-0.2, 0) is 9.59 Å². The normalized spacial score (nSPS) is 20.6. The molecule has 0 saturated heterocycles. The summed E-state index contributed by atoms with van der Waals surface area (Å²) in [5.41, 5.74) is 3.67. The molecular formula is C36H50N4O4S. The second kappa shape index (κ2) is 16.2. The Balaban J connectivity index is 0.00000226. The van der Waals surface area contributed by atoms with Crippen LogP contribution in [0, 0.1) is 18.8 Å². The van der Waals surface area contributed by atoms with Crippen molar-refractivity contribution in [3.8, 4) is 22.2 Å². The van der Waals surface area contributed by atoms with Gasteiger partial charge in [0.15, 0.2) is 0 Å². The molecule has 244 valence electrons. The number of aryl methyl sites for hydroxylation is 1. The maximum absolute atomic E-state index is 13.1. The molecule has 2 amide bonds. The van der Waals surface area contributed by atoms with Gasteiger partial charge in [0.1, 0.15) is 22.2 Å². The molecule has 0 aliphatic heterocycles. The van der Waals surface area contributed by atoms with Crippen molar-refractivity contribution in [2.24, 2.45) is 11.8 Å². The molecule has 0 unspecified atom stereocenters. The molecular weight excluding hydrogens is 584 g/mol. The maximum Gasteiger partial charge on any atom is 0.223 e. The summed E-state index contributed by atoms with van der Waals surface area (Å²) in [6.45, 7) is 11.1. The zero-order valence-electron chi connectivity index (χ0n) is 28.0. The Morgan fingerprint density at radius 3 is 2.67 bits per heavy atom. The molecule has 1 N–H and O–H groups in total. The highest BCUT2D eigenvalue weighted by atomic mass is 32.1. The zero-order valence-corrected chi connectivity index (χ0v) is 28.8. The van der Waals surface area contributed by atoms with Gasteiger partial charge in [-0.25, -0.2) is 9.97 Å². The fourth-order valence-electron chi connectivity index (χ4n) is 5.78. The molecule has 2 fully saturated rings. The quantitative estimate of drug-likeness (QED) is 0.111. The number of hydrogen-bond acceptors (Lipinski definition) is 7. The lowest BCUT2D eigenvalue weighted by molar-refractivity contribution is -0.125. The third-order valence-electron chi connectivity index (χ3n) is 8.61. The molecule has 2 aromatic heterocycles. The van der Waals surface area contributed by atoms with Crippen molar-refractivity contribution in [3.05, 3.63) is 47.0 Å². The largest absolute Gasteiger partial charge is 0.496 e. The van der Waals surface area contributed by atoms with E-state index in [0.717, 1.165) is 95.8 Å². The van der Waals surface area contributed by atoms with E-state index in [-0.39, 0.29) is 24.0 Å². The Morgan fingerprint density at radius 2 is 1.96 bits per heavy atom. The third kappa shape index (κ3) is 8.84. The van der Waals surface area contributed by atoms with Gasteiger partial charge in [0.25, 0.3) is 0 Å². The first-order valence-corrected chi connectivity index (χ1v) is 17.4. The van der Waals surface area contributed by atoms with Gasteiger partial charge in [0.05, 0.1) is 24.4 Å². The molecule has 2 heterocycles. The minimum Gasteiger partial charge on any atom is -0.496 e. The number of methoxy groups -OCH3 is 1. The lowest BCUT2D eigenvalue weighted by Crippen LogP contribution is -2.32. The number of nitrogens with one attached hydrogen (secondary N) is 1. The average molecular weight is 635 g/mol. The zero-order chi connectivity index (χ0) is 32.5. The molecule has 0 radical (unpaired) electrons. The monoisotopic (exact) mass is 634 g/mol. The van der Waals surface area contributed by atoms with Crippen LogP contribution >= 0.6 is 11.3 Å². The Kier molecular flexibility index (Phi) is 12.4. The van der Waals surface area contributed by atoms with Crippen LogP contribution in [0.2, 0.25) is 0 Å². The van der Waals surface area contributed by atoms with Gasteiger partial charge in [-0.2, -0.15) is 0 Å². The average Bonchev–Trinajstić information content (AvgIpc) is 3.38. The van der Waals surface area contributed by atoms with Crippen LogP contribution in [0.15, 0.2) is 35.7 Å². The number of aromatic nitrogens is 2. The minimum absolute atomic E-state index is 0.0349. The van der Waals surface area contributed by atoms with Crippen molar-refractivity contribution in [2.75, 3.05) is 20.7 Å². The molecule has 2 saturated carbocycles. The molecule has 0 bridgehead atoms. The van der Waals surface area contributed by atoms with E-state index in [9.17, 15) is 9.59 Å². The molecule has 9 heteroatoms. The number of hydrogen-bond donors (Lipinski definition) is 1. The standard InChI is InChI=1S/C34H44N4O4S.C2H6/c1-21(2)29-19-43-34(37-29)28-18-31(26-13-14-30(41-5)22(3)32(26)35-28)42-25-12-11-24(16-25)33(40)36-27-17-23(27)10-8-6-7-9-15-38(4)20-39;1-2/h8,10,13-14,18-21,23-25,27H,6-7,9,11-12,15-17H2,1-5H3,(H,36,40);1-2H3/b10-8-;/t23-,24+,25+,27-;/m1./s1. The molecule has 8 nitrogen and oxygen atoms in total. The SMILES string of the molecule is CC.COc1ccc2c(O[C@H]3CC[C@H](C(=O)N[C@@H]4C[C@H]4/C=C\CCCCN(C)C=O)C3)cc(-c3nc(C(C)C)cs3)nc2c1C. The number of unbranched alkanes of at least 4 members (excludes halogenated alkanes) is 2. The molecule has 45 heavy (non-hydrogen) atoms. The van der Waals surface area contributed by atoms with Crippen molar-refractivity contribution in [1.82, 2.24) is 20.2 Å². The Morgan fingerprint density at radius 1 is 1.16 bits per heavy atom. The van der Waals surface area contributed by atoms with Gasteiger partial charge in [-0.05, 0) is 75.8 Å². The first-order valence-electron chi connectivity index (χ1n) is 16.5. The van der Waals surface area contributed by atoms with Crippen molar-refractivity contribution in [1.29, 1.82) is 0 Å². The highest BCUT2D eigenvalue weighted by Gasteiger charge is 2.39. The third-order valence-corrected chi connectivity index (χ3v) is 9.49. The number of carbonyl (C=O) groups is 2. The van der Waals surface area contributed by atoms with Crippen LogP contribution in [0.5, 0.6) is 11.5 Å². The number of rotatable bonds is 14. The Hall–Kier alpha value is -3.46. The van der Waals surface area contributed by atoms with Crippen LogP contribution < -0.4 is 14.8 Å². The first-order chi connectivity index (χ1) is 21.8. The van der Waals surface area contributed by atoms with E-state index in [1.807, 2.05) is 39.0 Å². The van der Waals surface area contributed by atoms with E-state index in [2.05, 4.69) is 36.7 Å². The highest BCUT2D eigenvalue weighted by molar-refractivity contribution is 7.13. The molecule has 3 aromatic rings. The molecule has 2 aliphatic rings.